The van der Waals surface area contributed by atoms with E-state index in [0.717, 1.165) is 11.1 Å². The van der Waals surface area contributed by atoms with E-state index in [4.69, 9.17) is 0 Å². The summed E-state index contributed by atoms with van der Waals surface area (Å²) in [4.78, 5) is 4.07. The second kappa shape index (κ2) is 3.51. The topological polar surface area (TPSA) is 33.1 Å². The van der Waals surface area contributed by atoms with Gasteiger partial charge in [-0.15, -0.1) is 0 Å². The molecule has 0 bridgehead atoms. The first-order chi connectivity index (χ1) is 6.62. The zero-order chi connectivity index (χ0) is 11.9. The second-order valence-electron chi connectivity index (χ2n) is 6.10. The van der Waals surface area contributed by atoms with E-state index in [2.05, 4.69) is 52.6 Å². The summed E-state index contributed by atoms with van der Waals surface area (Å²) in [6, 6.07) is 2.06. The maximum atomic E-state index is 9.73. The van der Waals surface area contributed by atoms with E-state index in [0.29, 0.717) is 0 Å². The average molecular weight is 207 g/mol. The van der Waals surface area contributed by atoms with Gasteiger partial charge in [0.2, 0.25) is 5.88 Å². The normalized spacial score (nSPS) is 12.9. The molecule has 1 rings (SSSR count). The highest BCUT2D eigenvalue weighted by Gasteiger charge is 2.22. The number of hydrogen-bond acceptors (Lipinski definition) is 2. The number of pyridine rings is 1. The molecular weight excluding hydrogens is 186 g/mol. The zero-order valence-electron chi connectivity index (χ0n) is 10.5. The van der Waals surface area contributed by atoms with Gasteiger partial charge < -0.3 is 5.11 Å². The van der Waals surface area contributed by atoms with Gasteiger partial charge in [0.05, 0.1) is 0 Å². The molecule has 0 saturated heterocycles. The van der Waals surface area contributed by atoms with Crippen molar-refractivity contribution in [2.45, 2.75) is 52.4 Å². The molecule has 1 N–H and O–H groups in total. The zero-order valence-corrected chi connectivity index (χ0v) is 10.5. The molecule has 0 unspecified atom stereocenters. The maximum Gasteiger partial charge on any atom is 0.214 e. The quantitative estimate of drug-likeness (QED) is 0.707. The van der Waals surface area contributed by atoms with Crippen LogP contribution in [0, 0.1) is 0 Å². The van der Waals surface area contributed by atoms with Crippen LogP contribution < -0.4 is 0 Å². The van der Waals surface area contributed by atoms with Crippen LogP contribution in [-0.4, -0.2) is 10.1 Å². The third-order valence-electron chi connectivity index (χ3n) is 2.54. The first-order valence-electron chi connectivity index (χ1n) is 5.32. The Morgan fingerprint density at radius 1 is 1.00 bits per heavy atom. The van der Waals surface area contributed by atoms with Gasteiger partial charge >= 0.3 is 0 Å². The Morgan fingerprint density at radius 3 is 1.93 bits per heavy atom. The fourth-order valence-electron chi connectivity index (χ4n) is 1.42. The van der Waals surface area contributed by atoms with Gasteiger partial charge in [0.1, 0.15) is 0 Å². The van der Waals surface area contributed by atoms with Gasteiger partial charge in [-0.1, -0.05) is 41.5 Å². The first kappa shape index (κ1) is 12.0. The molecule has 0 saturated carbocycles. The minimum Gasteiger partial charge on any atom is -0.493 e. The average Bonchev–Trinajstić information content (AvgIpc) is 2.00. The van der Waals surface area contributed by atoms with Crippen molar-refractivity contribution in [2.24, 2.45) is 0 Å². The van der Waals surface area contributed by atoms with Gasteiger partial charge in [-0.25, -0.2) is 4.98 Å². The third-order valence-corrected chi connectivity index (χ3v) is 2.54. The second-order valence-corrected chi connectivity index (χ2v) is 6.10. The Hall–Kier alpha value is -1.05. The lowest BCUT2D eigenvalue weighted by molar-refractivity contribution is 0.423. The third kappa shape index (κ3) is 2.71. The molecular formula is C13H21NO. The highest BCUT2D eigenvalue weighted by atomic mass is 16.3. The van der Waals surface area contributed by atoms with Crippen LogP contribution in [0.4, 0.5) is 0 Å². The van der Waals surface area contributed by atoms with Crippen molar-refractivity contribution in [3.63, 3.8) is 0 Å². The van der Waals surface area contributed by atoms with Gasteiger partial charge in [-0.2, -0.15) is 0 Å². The molecule has 0 aliphatic carbocycles. The van der Waals surface area contributed by atoms with Crippen LogP contribution in [0.15, 0.2) is 12.3 Å². The van der Waals surface area contributed by atoms with Gasteiger partial charge in [-0.3, -0.25) is 0 Å². The Balaban J connectivity index is 3.30. The molecule has 0 aromatic carbocycles. The summed E-state index contributed by atoms with van der Waals surface area (Å²) in [5.74, 6) is 0.149. The Bertz CT molecular complexity index is 356. The largest absolute Gasteiger partial charge is 0.493 e. The van der Waals surface area contributed by atoms with Crippen molar-refractivity contribution < 1.29 is 5.11 Å². The lowest BCUT2D eigenvalue weighted by Gasteiger charge is -2.24. The predicted molar refractivity (Wildman–Crippen MR) is 63.3 cm³/mol. The molecule has 0 amide bonds. The Labute approximate surface area is 92.4 Å². The SMILES string of the molecule is CC(C)(C)c1cnc(O)c(C(C)(C)C)c1. The van der Waals surface area contributed by atoms with E-state index in [9.17, 15) is 5.11 Å². The van der Waals surface area contributed by atoms with Crippen LogP contribution in [0.25, 0.3) is 0 Å². The minimum absolute atomic E-state index is 0.0701. The van der Waals surface area contributed by atoms with Crippen LogP contribution in [0.3, 0.4) is 0 Å². The van der Waals surface area contributed by atoms with Gasteiger partial charge in [-0.05, 0) is 22.5 Å². The van der Waals surface area contributed by atoms with Crippen molar-refractivity contribution >= 4 is 0 Å². The van der Waals surface area contributed by atoms with E-state index in [-0.39, 0.29) is 16.7 Å². The molecule has 2 nitrogen and oxygen atoms in total. The molecule has 0 aliphatic heterocycles. The molecule has 15 heavy (non-hydrogen) atoms. The number of nitrogens with zero attached hydrogens (tertiary/aromatic N) is 1. The first-order valence-corrected chi connectivity index (χ1v) is 5.32. The molecule has 1 heterocycles. The lowest BCUT2D eigenvalue weighted by Crippen LogP contribution is -2.17. The lowest BCUT2D eigenvalue weighted by atomic mass is 9.82. The molecule has 0 radical (unpaired) electrons. The van der Waals surface area contributed by atoms with E-state index < -0.39 is 0 Å². The van der Waals surface area contributed by atoms with Crippen molar-refractivity contribution in [3.05, 3.63) is 23.4 Å². The number of aromatic nitrogens is 1. The summed E-state index contributed by atoms with van der Waals surface area (Å²) < 4.78 is 0. The maximum absolute atomic E-state index is 9.73. The van der Waals surface area contributed by atoms with Crippen LogP contribution in [0.1, 0.15) is 52.7 Å². The molecule has 1 aromatic rings. The summed E-state index contributed by atoms with van der Waals surface area (Å²) in [5, 5.41) is 9.73. The smallest absolute Gasteiger partial charge is 0.214 e. The summed E-state index contributed by atoms with van der Waals surface area (Å²) in [7, 11) is 0. The fraction of sp³-hybridized carbons (Fsp3) is 0.615. The van der Waals surface area contributed by atoms with Crippen LogP contribution >= 0.6 is 0 Å². The van der Waals surface area contributed by atoms with Crippen LogP contribution in [0.5, 0.6) is 5.88 Å². The molecule has 0 atom stereocenters. The highest BCUT2D eigenvalue weighted by Crippen LogP contribution is 2.32. The Morgan fingerprint density at radius 2 is 1.53 bits per heavy atom. The summed E-state index contributed by atoms with van der Waals surface area (Å²) in [5.41, 5.74) is 2.07. The minimum atomic E-state index is -0.0711. The number of rotatable bonds is 0. The summed E-state index contributed by atoms with van der Waals surface area (Å²) in [6.07, 6.45) is 1.75. The molecule has 0 fully saturated rings. The van der Waals surface area contributed by atoms with Gasteiger partial charge in [0, 0.05) is 11.8 Å². The fourth-order valence-corrected chi connectivity index (χ4v) is 1.42. The predicted octanol–water partition coefficient (Wildman–Crippen LogP) is 3.38. The van der Waals surface area contributed by atoms with E-state index >= 15 is 0 Å². The Kier molecular flexibility index (Phi) is 2.81. The highest BCUT2D eigenvalue weighted by molar-refractivity contribution is 5.36. The van der Waals surface area contributed by atoms with Crippen LogP contribution in [0.2, 0.25) is 0 Å². The number of aromatic hydroxyl groups is 1. The van der Waals surface area contributed by atoms with E-state index in [1.165, 1.54) is 0 Å². The van der Waals surface area contributed by atoms with Crippen molar-refractivity contribution in [3.8, 4) is 5.88 Å². The van der Waals surface area contributed by atoms with Gasteiger partial charge in [0.15, 0.2) is 0 Å². The molecule has 0 aliphatic rings. The molecule has 2 heteroatoms. The van der Waals surface area contributed by atoms with Crippen molar-refractivity contribution in [1.29, 1.82) is 0 Å². The molecule has 1 aromatic heterocycles. The van der Waals surface area contributed by atoms with E-state index in [1.54, 1.807) is 6.20 Å². The van der Waals surface area contributed by atoms with Gasteiger partial charge in [0.25, 0.3) is 0 Å². The van der Waals surface area contributed by atoms with Crippen LogP contribution in [-0.2, 0) is 10.8 Å². The standard InChI is InChI=1S/C13H21NO/c1-12(2,3)9-7-10(13(4,5)6)11(15)14-8-9/h7-8H,1-6H3,(H,14,15). The number of hydrogen-bond donors (Lipinski definition) is 1. The monoisotopic (exact) mass is 207 g/mol. The molecule has 0 spiro atoms. The van der Waals surface area contributed by atoms with E-state index in [1.807, 2.05) is 0 Å². The summed E-state index contributed by atoms with van der Waals surface area (Å²) in [6.45, 7) is 12.7. The van der Waals surface area contributed by atoms with Crippen molar-refractivity contribution in [2.75, 3.05) is 0 Å². The summed E-state index contributed by atoms with van der Waals surface area (Å²) >= 11 is 0. The van der Waals surface area contributed by atoms with Crippen molar-refractivity contribution in [1.82, 2.24) is 4.98 Å². The molecule has 84 valence electrons.